The topological polar surface area (TPSA) is 26.3 Å². The summed E-state index contributed by atoms with van der Waals surface area (Å²) in [5, 5.41) is 0. The summed E-state index contributed by atoms with van der Waals surface area (Å²) < 4.78 is 5.78. The van der Waals surface area contributed by atoms with Gasteiger partial charge in [-0.2, -0.15) is 0 Å². The molecule has 162 valence electrons. The molecule has 0 spiro atoms. The predicted octanol–water partition coefficient (Wildman–Crippen LogP) is 7.98. The summed E-state index contributed by atoms with van der Waals surface area (Å²) in [5.74, 6) is 2.00. The van der Waals surface area contributed by atoms with E-state index in [1.165, 1.54) is 103 Å². The molecule has 0 radical (unpaired) electrons. The fourth-order valence-corrected chi connectivity index (χ4v) is 6.62. The minimum Gasteiger partial charge on any atom is -0.462 e. The standard InChI is InChI=1S/C26H46O2/c1-2-3-11-22-17-20-26(21-18-22,23-12-6-4-7-13-23)19-10-16-25(27)28-24-14-8-5-9-15-24/h22-24H,2-21H2,1H3. The fourth-order valence-electron chi connectivity index (χ4n) is 6.62. The van der Waals surface area contributed by atoms with E-state index >= 15 is 0 Å². The summed E-state index contributed by atoms with van der Waals surface area (Å²) in [5.41, 5.74) is 0.550. The number of hydrogen-bond donors (Lipinski definition) is 0. The normalized spacial score (nSPS) is 30.2. The first-order chi connectivity index (χ1) is 13.7. The Kier molecular flexibility index (Phi) is 9.18. The lowest BCUT2D eigenvalue weighted by atomic mass is 9.58. The van der Waals surface area contributed by atoms with E-state index < -0.39 is 0 Å². The largest absolute Gasteiger partial charge is 0.462 e. The highest BCUT2D eigenvalue weighted by molar-refractivity contribution is 5.69. The molecule has 3 aliphatic carbocycles. The molecule has 0 heterocycles. The first-order valence-electron chi connectivity index (χ1n) is 12.9. The van der Waals surface area contributed by atoms with Gasteiger partial charge in [-0.05, 0) is 94.3 Å². The number of unbranched alkanes of at least 4 members (excludes halogenated alkanes) is 1. The van der Waals surface area contributed by atoms with Crippen LogP contribution in [0.15, 0.2) is 0 Å². The predicted molar refractivity (Wildman–Crippen MR) is 117 cm³/mol. The average molecular weight is 391 g/mol. The molecule has 0 atom stereocenters. The molecule has 0 amide bonds. The van der Waals surface area contributed by atoms with Gasteiger partial charge in [0.05, 0.1) is 0 Å². The van der Waals surface area contributed by atoms with Gasteiger partial charge in [0, 0.05) is 6.42 Å². The van der Waals surface area contributed by atoms with Crippen LogP contribution in [0.3, 0.4) is 0 Å². The highest BCUT2D eigenvalue weighted by Gasteiger charge is 2.41. The molecule has 3 aliphatic rings. The third kappa shape index (κ3) is 6.49. The maximum Gasteiger partial charge on any atom is 0.306 e. The molecular formula is C26H46O2. The van der Waals surface area contributed by atoms with Gasteiger partial charge in [0.2, 0.25) is 0 Å². The zero-order valence-electron chi connectivity index (χ0n) is 18.7. The van der Waals surface area contributed by atoms with Crippen molar-refractivity contribution in [2.45, 2.75) is 141 Å². The number of esters is 1. The Morgan fingerprint density at radius 1 is 0.857 bits per heavy atom. The fraction of sp³-hybridized carbons (Fsp3) is 0.962. The maximum absolute atomic E-state index is 12.4. The molecule has 0 N–H and O–H groups in total. The van der Waals surface area contributed by atoms with Gasteiger partial charge in [-0.25, -0.2) is 0 Å². The van der Waals surface area contributed by atoms with Gasteiger partial charge in [0.15, 0.2) is 0 Å². The second-order valence-electron chi connectivity index (χ2n) is 10.4. The lowest BCUT2D eigenvalue weighted by molar-refractivity contribution is -0.150. The van der Waals surface area contributed by atoms with E-state index in [1.807, 2.05) is 0 Å². The van der Waals surface area contributed by atoms with Gasteiger partial charge in [-0.3, -0.25) is 4.79 Å². The number of rotatable bonds is 9. The van der Waals surface area contributed by atoms with Crippen LogP contribution >= 0.6 is 0 Å². The molecule has 0 aliphatic heterocycles. The van der Waals surface area contributed by atoms with Crippen LogP contribution in [0.5, 0.6) is 0 Å². The molecule has 0 aromatic heterocycles. The van der Waals surface area contributed by atoms with Gasteiger partial charge >= 0.3 is 5.97 Å². The summed E-state index contributed by atoms with van der Waals surface area (Å²) in [6, 6.07) is 0. The van der Waals surface area contributed by atoms with Crippen LogP contribution in [0.1, 0.15) is 135 Å². The van der Waals surface area contributed by atoms with Crippen molar-refractivity contribution in [2.75, 3.05) is 0 Å². The van der Waals surface area contributed by atoms with E-state index in [-0.39, 0.29) is 12.1 Å². The third-order valence-corrected chi connectivity index (χ3v) is 8.44. The highest BCUT2D eigenvalue weighted by Crippen LogP contribution is 2.53. The van der Waals surface area contributed by atoms with Gasteiger partial charge < -0.3 is 4.74 Å². The minimum atomic E-state index is 0.0855. The van der Waals surface area contributed by atoms with E-state index in [4.69, 9.17) is 4.74 Å². The van der Waals surface area contributed by atoms with E-state index in [1.54, 1.807) is 0 Å². The zero-order chi connectivity index (χ0) is 19.7. The molecule has 2 nitrogen and oxygen atoms in total. The quantitative estimate of drug-likeness (QED) is 0.373. The number of hydrogen-bond acceptors (Lipinski definition) is 2. The van der Waals surface area contributed by atoms with Gasteiger partial charge in [-0.1, -0.05) is 51.9 Å². The summed E-state index contributed by atoms with van der Waals surface area (Å²) in [6.07, 6.45) is 26.4. The smallest absolute Gasteiger partial charge is 0.306 e. The lowest BCUT2D eigenvalue weighted by Crippen LogP contribution is -2.36. The summed E-state index contributed by atoms with van der Waals surface area (Å²) in [4.78, 5) is 12.4. The van der Waals surface area contributed by atoms with Crippen molar-refractivity contribution in [3.63, 3.8) is 0 Å². The Hall–Kier alpha value is -0.530. The Morgan fingerprint density at radius 2 is 1.50 bits per heavy atom. The molecule has 0 aromatic rings. The molecule has 3 fully saturated rings. The first-order valence-corrected chi connectivity index (χ1v) is 12.9. The molecule has 0 unspecified atom stereocenters. The highest BCUT2D eigenvalue weighted by atomic mass is 16.5. The number of carbonyl (C=O) groups excluding carboxylic acids is 1. The third-order valence-electron chi connectivity index (χ3n) is 8.44. The second-order valence-corrected chi connectivity index (χ2v) is 10.4. The van der Waals surface area contributed by atoms with Crippen LogP contribution in [0.25, 0.3) is 0 Å². The molecule has 2 heteroatoms. The van der Waals surface area contributed by atoms with Crippen LogP contribution < -0.4 is 0 Å². The molecular weight excluding hydrogens is 344 g/mol. The van der Waals surface area contributed by atoms with Gasteiger partial charge in [0.25, 0.3) is 0 Å². The van der Waals surface area contributed by atoms with Crippen molar-refractivity contribution in [1.29, 1.82) is 0 Å². The van der Waals surface area contributed by atoms with Crippen LogP contribution in [0.4, 0.5) is 0 Å². The maximum atomic E-state index is 12.4. The van der Waals surface area contributed by atoms with E-state index in [0.717, 1.165) is 31.1 Å². The average Bonchev–Trinajstić information content (AvgIpc) is 2.74. The molecule has 3 saturated carbocycles. The van der Waals surface area contributed by atoms with Crippen molar-refractivity contribution < 1.29 is 9.53 Å². The van der Waals surface area contributed by atoms with Crippen LogP contribution in [-0.2, 0) is 9.53 Å². The Morgan fingerprint density at radius 3 is 2.14 bits per heavy atom. The van der Waals surface area contributed by atoms with E-state index in [0.29, 0.717) is 11.8 Å². The minimum absolute atomic E-state index is 0.0855. The van der Waals surface area contributed by atoms with Gasteiger partial charge in [-0.15, -0.1) is 0 Å². The molecule has 28 heavy (non-hydrogen) atoms. The van der Waals surface area contributed by atoms with Crippen molar-refractivity contribution in [3.05, 3.63) is 0 Å². The van der Waals surface area contributed by atoms with Crippen molar-refractivity contribution in [3.8, 4) is 0 Å². The number of ether oxygens (including phenoxy) is 1. The summed E-state index contributed by atoms with van der Waals surface area (Å²) >= 11 is 0. The zero-order valence-corrected chi connectivity index (χ0v) is 18.7. The van der Waals surface area contributed by atoms with Crippen molar-refractivity contribution in [1.82, 2.24) is 0 Å². The second kappa shape index (κ2) is 11.6. The van der Waals surface area contributed by atoms with Gasteiger partial charge in [0.1, 0.15) is 6.10 Å². The monoisotopic (exact) mass is 390 g/mol. The molecule has 3 rings (SSSR count). The van der Waals surface area contributed by atoms with Crippen LogP contribution in [0, 0.1) is 17.3 Å². The summed E-state index contributed by atoms with van der Waals surface area (Å²) in [6.45, 7) is 2.32. The van der Waals surface area contributed by atoms with E-state index in [2.05, 4.69) is 6.92 Å². The number of carbonyl (C=O) groups is 1. The molecule has 0 aromatic carbocycles. The van der Waals surface area contributed by atoms with Crippen molar-refractivity contribution >= 4 is 5.97 Å². The van der Waals surface area contributed by atoms with Crippen LogP contribution in [0.2, 0.25) is 0 Å². The van der Waals surface area contributed by atoms with Crippen molar-refractivity contribution in [2.24, 2.45) is 17.3 Å². The van der Waals surface area contributed by atoms with E-state index in [9.17, 15) is 4.79 Å². The molecule has 0 saturated heterocycles. The lowest BCUT2D eigenvalue weighted by Gasteiger charge is -2.47. The Bertz CT molecular complexity index is 437. The summed E-state index contributed by atoms with van der Waals surface area (Å²) in [7, 11) is 0. The Balaban J connectivity index is 1.47. The molecule has 0 bridgehead atoms. The first kappa shape index (κ1) is 22.2. The SMILES string of the molecule is CCCCC1CCC(CCCC(=O)OC2CCCCC2)(C2CCCCC2)CC1. The van der Waals surface area contributed by atoms with Crippen LogP contribution in [-0.4, -0.2) is 12.1 Å². The Labute approximate surface area is 174 Å².